The number of hydrogen-bond acceptors (Lipinski definition) is 4. The molecule has 28 heavy (non-hydrogen) atoms. The van der Waals surface area contributed by atoms with E-state index in [-0.39, 0.29) is 0 Å². The Balaban J connectivity index is 1.72. The quantitative estimate of drug-likeness (QED) is 0.464. The molecule has 0 atom stereocenters. The summed E-state index contributed by atoms with van der Waals surface area (Å²) in [6.45, 7) is 5.49. The summed E-state index contributed by atoms with van der Waals surface area (Å²) in [4.78, 5) is 23.0. The van der Waals surface area contributed by atoms with Gasteiger partial charge in [0.1, 0.15) is 17.0 Å². The molecule has 0 aliphatic heterocycles. The summed E-state index contributed by atoms with van der Waals surface area (Å²) in [6.07, 6.45) is 3.15. The number of anilines is 1. The van der Waals surface area contributed by atoms with Crippen LogP contribution < -0.4 is 10.1 Å². The summed E-state index contributed by atoms with van der Waals surface area (Å²) in [6, 6.07) is 9.52. The van der Waals surface area contributed by atoms with Crippen LogP contribution >= 0.6 is 0 Å². The van der Waals surface area contributed by atoms with Gasteiger partial charge in [0.2, 0.25) is 0 Å². The van der Waals surface area contributed by atoms with Gasteiger partial charge in [-0.15, -0.1) is 0 Å². The maximum absolute atomic E-state index is 12.1. The number of carbonyl (C=O) groups excluding carboxylic acids is 1. The van der Waals surface area contributed by atoms with Gasteiger partial charge in [0.15, 0.2) is 0 Å². The highest BCUT2D eigenvalue weighted by Gasteiger charge is 2.17. The molecule has 0 aliphatic carbocycles. The molecule has 0 fully saturated rings. The van der Waals surface area contributed by atoms with Crippen molar-refractivity contribution in [2.75, 3.05) is 12.4 Å². The van der Waals surface area contributed by atoms with Crippen molar-refractivity contribution in [2.24, 2.45) is 0 Å². The van der Waals surface area contributed by atoms with E-state index in [1.54, 1.807) is 13.3 Å². The summed E-state index contributed by atoms with van der Waals surface area (Å²) >= 11 is 0. The van der Waals surface area contributed by atoms with Crippen LogP contribution in [0, 0.1) is 0 Å². The molecule has 0 bridgehead atoms. The van der Waals surface area contributed by atoms with Crippen LogP contribution in [0.5, 0.6) is 5.75 Å². The minimum absolute atomic E-state index is 0.483. The maximum atomic E-state index is 12.1. The zero-order valence-electron chi connectivity index (χ0n) is 16.2. The number of rotatable bonds is 3. The Labute approximate surface area is 162 Å². The number of ether oxygens (including phenoxy) is 2. The van der Waals surface area contributed by atoms with Crippen LogP contribution in [0.2, 0.25) is 0 Å². The Morgan fingerprint density at radius 2 is 1.96 bits per heavy atom. The molecule has 4 aromatic rings. The van der Waals surface area contributed by atoms with Crippen LogP contribution in [0.4, 0.5) is 10.5 Å². The number of aromatic amines is 2. The van der Waals surface area contributed by atoms with E-state index in [4.69, 9.17) is 9.47 Å². The Hall–Kier alpha value is -3.48. The van der Waals surface area contributed by atoms with Crippen molar-refractivity contribution < 1.29 is 14.3 Å². The highest BCUT2D eigenvalue weighted by atomic mass is 16.6. The number of pyridine rings is 1. The summed E-state index contributed by atoms with van der Waals surface area (Å²) in [5.74, 6) is 0.764. The second kappa shape index (κ2) is 6.60. The van der Waals surface area contributed by atoms with E-state index in [2.05, 4.69) is 20.3 Å². The van der Waals surface area contributed by atoms with E-state index in [1.165, 1.54) is 0 Å². The highest BCUT2D eigenvalue weighted by Crippen LogP contribution is 2.34. The number of nitrogens with one attached hydrogen (secondary N) is 3. The number of amides is 1. The summed E-state index contributed by atoms with van der Waals surface area (Å²) in [5.41, 5.74) is 3.71. The molecule has 0 saturated heterocycles. The Bertz CT molecular complexity index is 1170. The monoisotopic (exact) mass is 378 g/mol. The summed E-state index contributed by atoms with van der Waals surface area (Å²) in [5, 5.41) is 4.67. The molecule has 0 unspecified atom stereocenters. The van der Waals surface area contributed by atoms with Gasteiger partial charge < -0.3 is 19.4 Å². The molecule has 144 valence electrons. The number of hydrogen-bond donors (Lipinski definition) is 3. The second-order valence-electron chi connectivity index (χ2n) is 7.55. The van der Waals surface area contributed by atoms with Crippen molar-refractivity contribution in [1.29, 1.82) is 0 Å². The standard InChI is InChI=1S/C21H22N4O3/c1-21(2,3)28-20(26)24-12-5-6-16-13(9-12)15(11-23-16)17-10-14-18(27-4)7-8-22-19(14)25-17/h5-11,23H,1-4H3,(H,22,25)(H,24,26). The number of aromatic nitrogens is 3. The van der Waals surface area contributed by atoms with E-state index in [0.717, 1.165) is 38.9 Å². The third-order valence-corrected chi connectivity index (χ3v) is 4.33. The molecule has 0 radical (unpaired) electrons. The van der Waals surface area contributed by atoms with E-state index in [1.807, 2.05) is 57.3 Å². The minimum atomic E-state index is -0.552. The molecule has 1 aromatic carbocycles. The van der Waals surface area contributed by atoms with Gasteiger partial charge in [0, 0.05) is 40.2 Å². The average Bonchev–Trinajstić information content (AvgIpc) is 3.22. The zero-order valence-corrected chi connectivity index (χ0v) is 16.2. The fourth-order valence-electron chi connectivity index (χ4n) is 3.17. The topological polar surface area (TPSA) is 92.0 Å². The molecule has 0 saturated carbocycles. The van der Waals surface area contributed by atoms with E-state index in [9.17, 15) is 4.79 Å². The van der Waals surface area contributed by atoms with Gasteiger partial charge in [-0.2, -0.15) is 0 Å². The molecule has 0 aliphatic rings. The first-order chi connectivity index (χ1) is 13.3. The molecule has 3 heterocycles. The molecule has 1 amide bonds. The molecule has 4 rings (SSSR count). The van der Waals surface area contributed by atoms with Gasteiger partial charge >= 0.3 is 6.09 Å². The van der Waals surface area contributed by atoms with Crippen molar-refractivity contribution in [1.82, 2.24) is 15.0 Å². The Kier molecular flexibility index (Phi) is 4.22. The number of fused-ring (bicyclic) bond motifs is 2. The molecule has 7 heteroatoms. The van der Waals surface area contributed by atoms with Crippen molar-refractivity contribution >= 4 is 33.7 Å². The van der Waals surface area contributed by atoms with Gasteiger partial charge in [-0.3, -0.25) is 5.32 Å². The molecule has 7 nitrogen and oxygen atoms in total. The second-order valence-corrected chi connectivity index (χ2v) is 7.55. The fourth-order valence-corrected chi connectivity index (χ4v) is 3.17. The first-order valence-electron chi connectivity index (χ1n) is 8.97. The Morgan fingerprint density at radius 1 is 1.14 bits per heavy atom. The number of nitrogens with zero attached hydrogens (tertiary/aromatic N) is 1. The van der Waals surface area contributed by atoms with Crippen LogP contribution in [-0.2, 0) is 4.74 Å². The van der Waals surface area contributed by atoms with E-state index < -0.39 is 11.7 Å². The predicted molar refractivity (Wildman–Crippen MR) is 110 cm³/mol. The lowest BCUT2D eigenvalue weighted by Gasteiger charge is -2.19. The first kappa shape index (κ1) is 17.9. The third-order valence-electron chi connectivity index (χ3n) is 4.33. The average molecular weight is 378 g/mol. The summed E-state index contributed by atoms with van der Waals surface area (Å²) < 4.78 is 10.7. The number of methoxy groups -OCH3 is 1. The lowest BCUT2D eigenvalue weighted by molar-refractivity contribution is 0.0636. The van der Waals surface area contributed by atoms with Crippen molar-refractivity contribution in [2.45, 2.75) is 26.4 Å². The van der Waals surface area contributed by atoms with E-state index >= 15 is 0 Å². The van der Waals surface area contributed by atoms with Crippen molar-refractivity contribution in [3.63, 3.8) is 0 Å². The fraction of sp³-hybridized carbons (Fsp3) is 0.238. The number of carbonyl (C=O) groups is 1. The molecular weight excluding hydrogens is 356 g/mol. The molecule has 3 N–H and O–H groups in total. The van der Waals surface area contributed by atoms with Crippen LogP contribution in [0.3, 0.4) is 0 Å². The molecule has 3 aromatic heterocycles. The normalized spacial score (nSPS) is 11.7. The molecule has 0 spiro atoms. The third kappa shape index (κ3) is 3.38. The van der Waals surface area contributed by atoms with Gasteiger partial charge in [0.25, 0.3) is 0 Å². The zero-order chi connectivity index (χ0) is 19.9. The summed E-state index contributed by atoms with van der Waals surface area (Å²) in [7, 11) is 1.64. The lowest BCUT2D eigenvalue weighted by atomic mass is 10.1. The van der Waals surface area contributed by atoms with Gasteiger partial charge in [-0.05, 0) is 51.1 Å². The lowest BCUT2D eigenvalue weighted by Crippen LogP contribution is -2.27. The van der Waals surface area contributed by atoms with Crippen LogP contribution in [0.15, 0.2) is 42.7 Å². The SMILES string of the molecule is COc1ccnc2[nH]c(-c3c[nH]c4ccc(NC(=O)OC(C)(C)C)cc34)cc12. The van der Waals surface area contributed by atoms with Crippen LogP contribution in [-0.4, -0.2) is 33.8 Å². The highest BCUT2D eigenvalue weighted by molar-refractivity contribution is 6.00. The van der Waals surface area contributed by atoms with Crippen molar-refractivity contribution in [3.05, 3.63) is 42.7 Å². The van der Waals surface area contributed by atoms with Gasteiger partial charge in [-0.25, -0.2) is 9.78 Å². The smallest absolute Gasteiger partial charge is 0.412 e. The number of H-pyrrole nitrogens is 2. The minimum Gasteiger partial charge on any atom is -0.496 e. The number of benzene rings is 1. The Morgan fingerprint density at radius 3 is 2.71 bits per heavy atom. The van der Waals surface area contributed by atoms with E-state index in [0.29, 0.717) is 5.69 Å². The maximum Gasteiger partial charge on any atom is 0.412 e. The molecular formula is C21H22N4O3. The van der Waals surface area contributed by atoms with Gasteiger partial charge in [0.05, 0.1) is 12.5 Å². The predicted octanol–water partition coefficient (Wildman–Crippen LogP) is 5.07. The first-order valence-corrected chi connectivity index (χ1v) is 8.97. The van der Waals surface area contributed by atoms with Crippen LogP contribution in [0.25, 0.3) is 33.2 Å². The largest absolute Gasteiger partial charge is 0.496 e. The van der Waals surface area contributed by atoms with Gasteiger partial charge in [-0.1, -0.05) is 0 Å². The van der Waals surface area contributed by atoms with Crippen molar-refractivity contribution in [3.8, 4) is 17.0 Å². The van der Waals surface area contributed by atoms with Crippen LogP contribution in [0.1, 0.15) is 20.8 Å².